The lowest BCUT2D eigenvalue weighted by molar-refractivity contribution is 0.579. The van der Waals surface area contributed by atoms with E-state index >= 15 is 0 Å². The molecule has 0 spiro atoms. The Bertz CT molecular complexity index is 1030. The number of fused-ring (bicyclic) bond motifs is 2. The summed E-state index contributed by atoms with van der Waals surface area (Å²) in [6.07, 6.45) is 3.10. The fraction of sp³-hybridized carbons (Fsp3) is 0.375. The van der Waals surface area contributed by atoms with Gasteiger partial charge in [0.1, 0.15) is 5.01 Å². The highest BCUT2D eigenvalue weighted by Crippen LogP contribution is 2.25. The molecule has 1 aliphatic carbocycles. The van der Waals surface area contributed by atoms with Gasteiger partial charge in [-0.25, -0.2) is 22.6 Å². The van der Waals surface area contributed by atoms with Gasteiger partial charge in [-0.1, -0.05) is 17.4 Å². The second kappa shape index (κ2) is 5.65. The summed E-state index contributed by atoms with van der Waals surface area (Å²) in [5.41, 5.74) is 3.99. The first kappa shape index (κ1) is 15.7. The van der Waals surface area contributed by atoms with Gasteiger partial charge in [0.2, 0.25) is 15.0 Å². The summed E-state index contributed by atoms with van der Waals surface area (Å²) in [7, 11) is -3.55. The van der Waals surface area contributed by atoms with Crippen LogP contribution in [0.15, 0.2) is 23.1 Å². The lowest BCUT2D eigenvalue weighted by atomic mass is 10.1. The number of aryl methyl sites for hydroxylation is 4. The van der Waals surface area contributed by atoms with Crippen molar-refractivity contribution in [2.75, 3.05) is 0 Å². The van der Waals surface area contributed by atoms with E-state index in [0.717, 1.165) is 46.2 Å². The molecule has 1 N–H and O–H groups in total. The minimum atomic E-state index is -3.55. The molecule has 0 fully saturated rings. The maximum atomic E-state index is 12.6. The van der Waals surface area contributed by atoms with E-state index in [0.29, 0.717) is 4.90 Å². The van der Waals surface area contributed by atoms with Crippen molar-refractivity contribution >= 4 is 26.3 Å². The summed E-state index contributed by atoms with van der Waals surface area (Å²) in [6, 6.07) is 5.43. The van der Waals surface area contributed by atoms with E-state index < -0.39 is 10.0 Å². The van der Waals surface area contributed by atoms with Crippen LogP contribution < -0.4 is 4.72 Å². The predicted octanol–water partition coefficient (Wildman–Crippen LogP) is 2.37. The zero-order valence-electron chi connectivity index (χ0n) is 13.5. The third-order valence-corrected chi connectivity index (χ3v) is 6.63. The predicted molar refractivity (Wildman–Crippen MR) is 92.8 cm³/mol. The number of aromatic nitrogens is 3. The maximum Gasteiger partial charge on any atom is 0.240 e. The smallest absolute Gasteiger partial charge is 0.223 e. The van der Waals surface area contributed by atoms with Crippen molar-refractivity contribution in [2.24, 2.45) is 0 Å². The molecule has 0 radical (unpaired) electrons. The monoisotopic (exact) mass is 362 g/mol. The molecule has 6 nitrogen and oxygen atoms in total. The zero-order valence-corrected chi connectivity index (χ0v) is 15.2. The first-order valence-electron chi connectivity index (χ1n) is 7.87. The van der Waals surface area contributed by atoms with Crippen molar-refractivity contribution in [3.8, 4) is 0 Å². The molecule has 2 aromatic heterocycles. The number of nitrogens with zero attached hydrogens (tertiary/aromatic N) is 3. The van der Waals surface area contributed by atoms with Gasteiger partial charge in [-0.15, -0.1) is 0 Å². The highest BCUT2D eigenvalue weighted by atomic mass is 32.2. The van der Waals surface area contributed by atoms with Crippen LogP contribution in [0, 0.1) is 13.8 Å². The van der Waals surface area contributed by atoms with Crippen LogP contribution in [0.1, 0.15) is 33.9 Å². The average molecular weight is 362 g/mol. The van der Waals surface area contributed by atoms with Crippen LogP contribution in [0.2, 0.25) is 0 Å². The second-order valence-corrected chi connectivity index (χ2v) is 9.00. The van der Waals surface area contributed by atoms with E-state index in [-0.39, 0.29) is 6.54 Å². The Hall–Kier alpha value is -1.77. The van der Waals surface area contributed by atoms with Gasteiger partial charge < -0.3 is 0 Å². The standard InChI is InChI=1S/C16H18N4O2S2/c1-10-15(20-16(18-10)23-11(2)19-20)9-17-24(21,22)14-7-6-12-4-3-5-13(12)8-14/h6-8,17H,3-5,9H2,1-2H3. The molecule has 3 aromatic rings. The van der Waals surface area contributed by atoms with Crippen molar-refractivity contribution in [3.05, 3.63) is 45.7 Å². The number of imidazole rings is 1. The molecule has 0 atom stereocenters. The Labute approximate surface area is 144 Å². The summed E-state index contributed by atoms with van der Waals surface area (Å²) in [6.45, 7) is 3.96. The average Bonchev–Trinajstić information content (AvgIpc) is 3.19. The van der Waals surface area contributed by atoms with Gasteiger partial charge >= 0.3 is 0 Å². The van der Waals surface area contributed by atoms with Crippen LogP contribution in [0.4, 0.5) is 0 Å². The van der Waals surface area contributed by atoms with Gasteiger partial charge in [0.25, 0.3) is 0 Å². The Balaban J connectivity index is 1.61. The highest BCUT2D eigenvalue weighted by molar-refractivity contribution is 7.89. The molecule has 126 valence electrons. The van der Waals surface area contributed by atoms with Gasteiger partial charge in [-0.05, 0) is 56.4 Å². The third kappa shape index (κ3) is 2.64. The molecule has 0 saturated carbocycles. The Morgan fingerprint density at radius 1 is 1.25 bits per heavy atom. The number of hydrogen-bond donors (Lipinski definition) is 1. The van der Waals surface area contributed by atoms with Crippen LogP contribution >= 0.6 is 11.3 Å². The fourth-order valence-electron chi connectivity index (χ4n) is 3.15. The van der Waals surface area contributed by atoms with Crippen molar-refractivity contribution in [1.29, 1.82) is 0 Å². The first-order chi connectivity index (χ1) is 11.4. The zero-order chi connectivity index (χ0) is 16.9. The van der Waals surface area contributed by atoms with E-state index in [1.54, 1.807) is 16.6 Å². The second-order valence-electron chi connectivity index (χ2n) is 6.07. The summed E-state index contributed by atoms with van der Waals surface area (Å²) in [4.78, 5) is 5.56. The lowest BCUT2D eigenvalue weighted by Gasteiger charge is -2.08. The quantitative estimate of drug-likeness (QED) is 0.773. The molecular formula is C16H18N4O2S2. The molecule has 0 unspecified atom stereocenters. The summed E-state index contributed by atoms with van der Waals surface area (Å²) in [5, 5.41) is 5.30. The molecule has 1 aliphatic rings. The van der Waals surface area contributed by atoms with Gasteiger partial charge in [0.05, 0.1) is 22.8 Å². The maximum absolute atomic E-state index is 12.6. The van der Waals surface area contributed by atoms with E-state index in [1.807, 2.05) is 19.9 Å². The number of rotatable bonds is 4. The third-order valence-electron chi connectivity index (χ3n) is 4.41. The number of nitrogens with one attached hydrogen (secondary N) is 1. The molecular weight excluding hydrogens is 344 g/mol. The number of sulfonamides is 1. The van der Waals surface area contributed by atoms with Crippen LogP contribution in [0.25, 0.3) is 4.96 Å². The fourth-order valence-corrected chi connectivity index (χ4v) is 5.00. The minimum Gasteiger partial charge on any atom is -0.223 e. The van der Waals surface area contributed by atoms with Crippen molar-refractivity contribution in [3.63, 3.8) is 0 Å². The van der Waals surface area contributed by atoms with Crippen molar-refractivity contribution < 1.29 is 8.42 Å². The number of benzene rings is 1. The summed E-state index contributed by atoms with van der Waals surface area (Å²) in [5.74, 6) is 0. The molecule has 0 bridgehead atoms. The van der Waals surface area contributed by atoms with E-state index in [9.17, 15) is 8.42 Å². The first-order valence-corrected chi connectivity index (χ1v) is 10.2. The Morgan fingerprint density at radius 3 is 2.88 bits per heavy atom. The molecule has 4 rings (SSSR count). The van der Waals surface area contributed by atoms with E-state index in [4.69, 9.17) is 0 Å². The van der Waals surface area contributed by atoms with Gasteiger partial charge in [-0.2, -0.15) is 5.10 Å². The largest absolute Gasteiger partial charge is 0.240 e. The van der Waals surface area contributed by atoms with Crippen molar-refractivity contribution in [2.45, 2.75) is 44.6 Å². The molecule has 24 heavy (non-hydrogen) atoms. The Kier molecular flexibility index (Phi) is 3.70. The van der Waals surface area contributed by atoms with Crippen LogP contribution in [-0.4, -0.2) is 23.0 Å². The molecule has 1 aromatic carbocycles. The lowest BCUT2D eigenvalue weighted by Crippen LogP contribution is -2.24. The van der Waals surface area contributed by atoms with E-state index in [2.05, 4.69) is 14.8 Å². The summed E-state index contributed by atoms with van der Waals surface area (Å²) < 4.78 is 29.7. The van der Waals surface area contributed by atoms with Crippen LogP contribution in [-0.2, 0) is 29.4 Å². The summed E-state index contributed by atoms with van der Waals surface area (Å²) >= 11 is 1.49. The van der Waals surface area contributed by atoms with Gasteiger partial charge in [0.15, 0.2) is 0 Å². The van der Waals surface area contributed by atoms with E-state index in [1.165, 1.54) is 16.9 Å². The normalized spacial score (nSPS) is 14.4. The van der Waals surface area contributed by atoms with Crippen LogP contribution in [0.5, 0.6) is 0 Å². The molecule has 0 amide bonds. The minimum absolute atomic E-state index is 0.176. The SMILES string of the molecule is Cc1nn2c(CNS(=O)(=O)c3ccc4c(c3)CCC4)c(C)nc2s1. The Morgan fingerprint density at radius 2 is 2.04 bits per heavy atom. The topological polar surface area (TPSA) is 76.4 Å². The molecule has 0 saturated heterocycles. The highest BCUT2D eigenvalue weighted by Gasteiger charge is 2.20. The number of hydrogen-bond acceptors (Lipinski definition) is 5. The van der Waals surface area contributed by atoms with Crippen LogP contribution in [0.3, 0.4) is 0 Å². The van der Waals surface area contributed by atoms with Gasteiger partial charge in [-0.3, -0.25) is 0 Å². The molecule has 0 aliphatic heterocycles. The molecule has 2 heterocycles. The van der Waals surface area contributed by atoms with Gasteiger partial charge in [0, 0.05) is 0 Å². The molecule has 8 heteroatoms. The van der Waals surface area contributed by atoms with Crippen molar-refractivity contribution in [1.82, 2.24) is 19.3 Å².